The molecule has 5 heteroatoms. The largest absolute Gasteiger partial charge is 0.481 e. The highest BCUT2D eigenvalue weighted by Gasteiger charge is 2.34. The van der Waals surface area contributed by atoms with Crippen LogP contribution in [0.4, 0.5) is 0 Å². The van der Waals surface area contributed by atoms with Gasteiger partial charge in [-0.15, -0.1) is 11.6 Å². The van der Waals surface area contributed by atoms with Gasteiger partial charge in [0.15, 0.2) is 5.65 Å². The Labute approximate surface area is 130 Å². The molecule has 1 aliphatic rings. The molecule has 0 amide bonds. The molecule has 2 aromatic rings. The maximum absolute atomic E-state index is 6.36. The van der Waals surface area contributed by atoms with E-state index < -0.39 is 0 Å². The maximum Gasteiger partial charge on any atom is 0.215 e. The highest BCUT2D eigenvalue weighted by atomic mass is 35.5. The first-order valence-electron chi connectivity index (χ1n) is 7.48. The zero-order valence-corrected chi connectivity index (χ0v) is 13.8. The third kappa shape index (κ3) is 2.61. The SMILES string of the molecule is COc1ccc2nc(C(C)Cl)n(C3CCC(C)(C)C3)c2n1. The molecule has 3 rings (SSSR count). The summed E-state index contributed by atoms with van der Waals surface area (Å²) >= 11 is 6.36. The summed E-state index contributed by atoms with van der Waals surface area (Å²) in [5.74, 6) is 1.53. The van der Waals surface area contributed by atoms with E-state index in [2.05, 4.69) is 23.4 Å². The zero-order chi connectivity index (χ0) is 15.2. The number of halogens is 1. The van der Waals surface area contributed by atoms with Crippen LogP contribution in [0.15, 0.2) is 12.1 Å². The van der Waals surface area contributed by atoms with Crippen LogP contribution in [0.3, 0.4) is 0 Å². The van der Waals surface area contributed by atoms with Crippen LogP contribution in [0.2, 0.25) is 0 Å². The van der Waals surface area contributed by atoms with Gasteiger partial charge in [0.1, 0.15) is 11.3 Å². The summed E-state index contributed by atoms with van der Waals surface area (Å²) in [6.45, 7) is 6.62. The highest BCUT2D eigenvalue weighted by molar-refractivity contribution is 6.20. The molecule has 1 aliphatic carbocycles. The molecule has 2 heterocycles. The third-order valence-corrected chi connectivity index (χ3v) is 4.61. The summed E-state index contributed by atoms with van der Waals surface area (Å²) in [4.78, 5) is 9.30. The summed E-state index contributed by atoms with van der Waals surface area (Å²) in [6.07, 6.45) is 3.50. The molecule has 1 saturated carbocycles. The molecule has 114 valence electrons. The molecule has 0 radical (unpaired) electrons. The first kappa shape index (κ1) is 14.6. The Kier molecular flexibility index (Phi) is 3.60. The van der Waals surface area contributed by atoms with E-state index in [9.17, 15) is 0 Å². The van der Waals surface area contributed by atoms with E-state index in [1.807, 2.05) is 19.1 Å². The number of methoxy groups -OCH3 is 1. The van der Waals surface area contributed by atoms with Crippen molar-refractivity contribution in [3.8, 4) is 5.88 Å². The van der Waals surface area contributed by atoms with Crippen LogP contribution in [-0.2, 0) is 0 Å². The van der Waals surface area contributed by atoms with E-state index in [1.165, 1.54) is 6.42 Å². The Morgan fingerprint density at radius 1 is 1.38 bits per heavy atom. The number of pyridine rings is 1. The van der Waals surface area contributed by atoms with Crippen molar-refractivity contribution in [2.24, 2.45) is 5.41 Å². The second-order valence-corrected chi connectivity index (χ2v) is 7.37. The summed E-state index contributed by atoms with van der Waals surface area (Å²) < 4.78 is 7.51. The molecule has 21 heavy (non-hydrogen) atoms. The fraction of sp³-hybridized carbons (Fsp3) is 0.625. The predicted molar refractivity (Wildman–Crippen MR) is 85.0 cm³/mol. The van der Waals surface area contributed by atoms with Crippen molar-refractivity contribution >= 4 is 22.8 Å². The van der Waals surface area contributed by atoms with Gasteiger partial charge in [0.2, 0.25) is 5.88 Å². The number of alkyl halides is 1. The lowest BCUT2D eigenvalue weighted by molar-refractivity contribution is 0.357. The quantitative estimate of drug-likeness (QED) is 0.784. The van der Waals surface area contributed by atoms with Crippen LogP contribution in [0.5, 0.6) is 5.88 Å². The van der Waals surface area contributed by atoms with E-state index in [1.54, 1.807) is 7.11 Å². The summed E-state index contributed by atoms with van der Waals surface area (Å²) in [5, 5.41) is -0.131. The van der Waals surface area contributed by atoms with Crippen molar-refractivity contribution in [3.63, 3.8) is 0 Å². The summed E-state index contributed by atoms with van der Waals surface area (Å²) in [6, 6.07) is 4.22. The number of ether oxygens (including phenoxy) is 1. The van der Waals surface area contributed by atoms with E-state index in [4.69, 9.17) is 21.3 Å². The van der Waals surface area contributed by atoms with Gasteiger partial charge in [-0.05, 0) is 37.7 Å². The molecule has 0 aliphatic heterocycles. The monoisotopic (exact) mass is 307 g/mol. The summed E-state index contributed by atoms with van der Waals surface area (Å²) in [5.41, 5.74) is 2.15. The Morgan fingerprint density at radius 2 is 2.14 bits per heavy atom. The zero-order valence-electron chi connectivity index (χ0n) is 13.1. The number of hydrogen-bond donors (Lipinski definition) is 0. The van der Waals surface area contributed by atoms with Crippen molar-refractivity contribution < 1.29 is 4.74 Å². The highest BCUT2D eigenvalue weighted by Crippen LogP contribution is 2.45. The van der Waals surface area contributed by atoms with Crippen LogP contribution in [0, 0.1) is 5.41 Å². The standard InChI is InChI=1S/C16H22ClN3O/c1-10(17)14-18-12-5-6-13(21-4)19-15(12)20(14)11-7-8-16(2,3)9-11/h5-6,10-11H,7-9H2,1-4H3. The van der Waals surface area contributed by atoms with Gasteiger partial charge in [-0.3, -0.25) is 0 Å². The first-order valence-corrected chi connectivity index (χ1v) is 7.92. The van der Waals surface area contributed by atoms with Crippen molar-refractivity contribution in [1.82, 2.24) is 14.5 Å². The molecule has 0 saturated heterocycles. The molecule has 0 spiro atoms. The Morgan fingerprint density at radius 3 is 2.71 bits per heavy atom. The molecule has 2 unspecified atom stereocenters. The minimum absolute atomic E-state index is 0.131. The number of imidazole rings is 1. The summed E-state index contributed by atoms with van der Waals surface area (Å²) in [7, 11) is 1.64. The van der Waals surface area contributed by atoms with Crippen molar-refractivity contribution in [2.75, 3.05) is 7.11 Å². The van der Waals surface area contributed by atoms with E-state index in [-0.39, 0.29) is 5.38 Å². The van der Waals surface area contributed by atoms with Gasteiger partial charge in [-0.1, -0.05) is 13.8 Å². The van der Waals surface area contributed by atoms with Gasteiger partial charge >= 0.3 is 0 Å². The topological polar surface area (TPSA) is 39.9 Å². The molecule has 4 nitrogen and oxygen atoms in total. The smallest absolute Gasteiger partial charge is 0.215 e. The Hall–Kier alpha value is -1.29. The van der Waals surface area contributed by atoms with Gasteiger partial charge in [0, 0.05) is 12.1 Å². The van der Waals surface area contributed by atoms with Crippen molar-refractivity contribution in [3.05, 3.63) is 18.0 Å². The molecule has 2 aromatic heterocycles. The number of fused-ring (bicyclic) bond motifs is 1. The van der Waals surface area contributed by atoms with Gasteiger partial charge in [-0.2, -0.15) is 4.98 Å². The normalized spacial score (nSPS) is 22.6. The molecular weight excluding hydrogens is 286 g/mol. The second-order valence-electron chi connectivity index (χ2n) is 6.71. The van der Waals surface area contributed by atoms with Gasteiger partial charge < -0.3 is 9.30 Å². The Balaban J connectivity index is 2.15. The number of hydrogen-bond acceptors (Lipinski definition) is 3. The van der Waals surface area contributed by atoms with E-state index in [0.717, 1.165) is 29.8 Å². The lowest BCUT2D eigenvalue weighted by atomic mass is 9.92. The van der Waals surface area contributed by atoms with Crippen LogP contribution >= 0.6 is 11.6 Å². The minimum Gasteiger partial charge on any atom is -0.481 e. The molecule has 0 N–H and O–H groups in total. The van der Waals surface area contributed by atoms with Gasteiger partial charge in [0.25, 0.3) is 0 Å². The fourth-order valence-electron chi connectivity index (χ4n) is 3.35. The maximum atomic E-state index is 6.36. The first-order chi connectivity index (χ1) is 9.91. The van der Waals surface area contributed by atoms with Crippen molar-refractivity contribution in [1.29, 1.82) is 0 Å². The lowest BCUT2D eigenvalue weighted by Crippen LogP contribution is -2.13. The second kappa shape index (κ2) is 5.16. The predicted octanol–water partition coefficient (Wildman–Crippen LogP) is 4.49. The Bertz CT molecular complexity index is 663. The van der Waals surface area contributed by atoms with Crippen LogP contribution in [0.25, 0.3) is 11.2 Å². The van der Waals surface area contributed by atoms with Gasteiger partial charge in [-0.25, -0.2) is 4.98 Å². The molecule has 0 bridgehead atoms. The van der Waals surface area contributed by atoms with E-state index >= 15 is 0 Å². The average molecular weight is 308 g/mol. The molecular formula is C16H22ClN3O. The van der Waals surface area contributed by atoms with Crippen LogP contribution in [0.1, 0.15) is 57.3 Å². The number of nitrogens with zero attached hydrogens (tertiary/aromatic N) is 3. The number of rotatable bonds is 3. The lowest BCUT2D eigenvalue weighted by Gasteiger charge is -2.20. The molecule has 1 fully saturated rings. The molecule has 0 aromatic carbocycles. The van der Waals surface area contributed by atoms with Crippen molar-refractivity contribution in [2.45, 2.75) is 51.5 Å². The molecule has 2 atom stereocenters. The minimum atomic E-state index is -0.131. The number of aromatic nitrogens is 3. The fourth-order valence-corrected chi connectivity index (χ4v) is 3.50. The third-order valence-electron chi connectivity index (χ3n) is 4.41. The van der Waals surface area contributed by atoms with Gasteiger partial charge in [0.05, 0.1) is 12.5 Å². The average Bonchev–Trinajstić information content (AvgIpc) is 2.97. The van der Waals surface area contributed by atoms with Crippen LogP contribution < -0.4 is 4.74 Å². The van der Waals surface area contributed by atoms with E-state index in [0.29, 0.717) is 17.3 Å². The van der Waals surface area contributed by atoms with Crippen LogP contribution in [-0.4, -0.2) is 21.6 Å².